The zero-order chi connectivity index (χ0) is 14.4. The number of hydrogen-bond donors (Lipinski definition) is 1. The highest BCUT2D eigenvalue weighted by Crippen LogP contribution is 2.36. The van der Waals surface area contributed by atoms with Crippen molar-refractivity contribution in [1.82, 2.24) is 5.32 Å². The van der Waals surface area contributed by atoms with Crippen molar-refractivity contribution >= 4 is 0 Å². The van der Waals surface area contributed by atoms with Gasteiger partial charge in [-0.1, -0.05) is 39.7 Å². The minimum atomic E-state index is 0.542. The first-order chi connectivity index (χ1) is 9.80. The molecule has 1 aromatic rings. The van der Waals surface area contributed by atoms with Gasteiger partial charge in [0, 0.05) is 6.54 Å². The van der Waals surface area contributed by atoms with Gasteiger partial charge in [0.15, 0.2) is 11.5 Å². The van der Waals surface area contributed by atoms with E-state index in [0.717, 1.165) is 24.6 Å². The lowest BCUT2D eigenvalue weighted by molar-refractivity contribution is 0.171. The number of rotatable bonds is 7. The maximum atomic E-state index is 5.72. The average molecular weight is 277 g/mol. The third-order valence-corrected chi connectivity index (χ3v) is 4.23. The number of ether oxygens (including phenoxy) is 2. The van der Waals surface area contributed by atoms with Gasteiger partial charge in [0.2, 0.25) is 0 Å². The van der Waals surface area contributed by atoms with Crippen LogP contribution in [0.2, 0.25) is 0 Å². The van der Waals surface area contributed by atoms with Gasteiger partial charge in [-0.25, -0.2) is 0 Å². The van der Waals surface area contributed by atoms with E-state index in [-0.39, 0.29) is 0 Å². The maximum absolute atomic E-state index is 5.72. The van der Waals surface area contributed by atoms with Crippen LogP contribution in [0.15, 0.2) is 18.2 Å². The van der Waals surface area contributed by atoms with E-state index in [2.05, 4.69) is 44.3 Å². The van der Waals surface area contributed by atoms with Gasteiger partial charge in [-0.15, -0.1) is 0 Å². The molecule has 0 fully saturated rings. The molecule has 0 saturated heterocycles. The van der Waals surface area contributed by atoms with Crippen LogP contribution in [0.25, 0.3) is 0 Å². The molecule has 1 atom stereocenters. The van der Waals surface area contributed by atoms with Crippen molar-refractivity contribution in [3.8, 4) is 11.5 Å². The summed E-state index contributed by atoms with van der Waals surface area (Å²) in [6.45, 7) is 10.1. The molecule has 0 radical (unpaired) electrons. The van der Waals surface area contributed by atoms with Crippen LogP contribution in [0.1, 0.15) is 45.1 Å². The van der Waals surface area contributed by atoms with Gasteiger partial charge in [0.1, 0.15) is 13.2 Å². The number of fused-ring (bicyclic) bond motifs is 1. The molecule has 3 heteroatoms. The highest BCUT2D eigenvalue weighted by Gasteiger charge is 2.22. The molecule has 2 rings (SSSR count). The summed E-state index contributed by atoms with van der Waals surface area (Å²) >= 11 is 0. The molecule has 1 aliphatic heterocycles. The molecule has 1 aliphatic rings. The molecule has 0 aromatic heterocycles. The standard InChI is InChI=1S/C17H27NO2/c1-4-13(5-2)15(12-18-6-3)14-7-8-16-17(11-14)20-10-9-19-16/h7-8,11,13,15,18H,4-6,9-10,12H2,1-3H3. The largest absolute Gasteiger partial charge is 0.486 e. The van der Waals surface area contributed by atoms with Gasteiger partial charge in [-0.2, -0.15) is 0 Å². The van der Waals surface area contributed by atoms with Crippen molar-refractivity contribution in [2.75, 3.05) is 26.3 Å². The van der Waals surface area contributed by atoms with E-state index in [1.54, 1.807) is 0 Å². The van der Waals surface area contributed by atoms with Crippen molar-refractivity contribution in [3.05, 3.63) is 23.8 Å². The second-order valence-corrected chi connectivity index (χ2v) is 5.39. The van der Waals surface area contributed by atoms with Crippen LogP contribution in [-0.2, 0) is 0 Å². The Morgan fingerprint density at radius 1 is 1.05 bits per heavy atom. The lowest BCUT2D eigenvalue weighted by Gasteiger charge is -2.27. The predicted octanol–water partition coefficient (Wildman–Crippen LogP) is 3.59. The fraction of sp³-hybridized carbons (Fsp3) is 0.647. The van der Waals surface area contributed by atoms with Gasteiger partial charge in [-0.05, 0) is 36.1 Å². The molecular weight excluding hydrogens is 250 g/mol. The van der Waals surface area contributed by atoms with Crippen LogP contribution in [-0.4, -0.2) is 26.3 Å². The molecule has 1 heterocycles. The molecule has 1 unspecified atom stereocenters. The molecule has 0 bridgehead atoms. The first-order valence-corrected chi connectivity index (χ1v) is 7.90. The SMILES string of the molecule is CCNCC(c1ccc2c(c1)OCCO2)C(CC)CC. The van der Waals surface area contributed by atoms with E-state index in [4.69, 9.17) is 9.47 Å². The van der Waals surface area contributed by atoms with Crippen LogP contribution in [0.3, 0.4) is 0 Å². The molecule has 0 saturated carbocycles. The minimum absolute atomic E-state index is 0.542. The van der Waals surface area contributed by atoms with Crippen LogP contribution in [0.4, 0.5) is 0 Å². The quantitative estimate of drug-likeness (QED) is 0.826. The minimum Gasteiger partial charge on any atom is -0.486 e. The molecule has 20 heavy (non-hydrogen) atoms. The highest BCUT2D eigenvalue weighted by molar-refractivity contribution is 5.45. The summed E-state index contributed by atoms with van der Waals surface area (Å²) in [5.41, 5.74) is 1.36. The Kier molecular flexibility index (Phi) is 5.72. The van der Waals surface area contributed by atoms with Crippen LogP contribution in [0.5, 0.6) is 11.5 Å². The summed E-state index contributed by atoms with van der Waals surface area (Å²) in [5.74, 6) is 3.03. The third-order valence-electron chi connectivity index (χ3n) is 4.23. The molecule has 112 valence electrons. The van der Waals surface area contributed by atoms with E-state index in [0.29, 0.717) is 25.0 Å². The first-order valence-electron chi connectivity index (χ1n) is 7.90. The van der Waals surface area contributed by atoms with Crippen molar-refractivity contribution in [3.63, 3.8) is 0 Å². The Morgan fingerprint density at radius 2 is 1.75 bits per heavy atom. The second kappa shape index (κ2) is 7.53. The first kappa shape index (κ1) is 15.2. The van der Waals surface area contributed by atoms with E-state index in [9.17, 15) is 0 Å². The topological polar surface area (TPSA) is 30.5 Å². The number of nitrogens with one attached hydrogen (secondary N) is 1. The van der Waals surface area contributed by atoms with Crippen molar-refractivity contribution in [2.24, 2.45) is 5.92 Å². The van der Waals surface area contributed by atoms with Crippen molar-refractivity contribution in [1.29, 1.82) is 0 Å². The molecular formula is C17H27NO2. The van der Waals surface area contributed by atoms with E-state index < -0.39 is 0 Å². The summed E-state index contributed by atoms with van der Waals surface area (Å²) in [6, 6.07) is 6.44. The zero-order valence-corrected chi connectivity index (χ0v) is 12.9. The Hall–Kier alpha value is -1.22. The van der Waals surface area contributed by atoms with Gasteiger partial charge in [0.05, 0.1) is 0 Å². The molecule has 1 aromatic carbocycles. The summed E-state index contributed by atoms with van der Waals surface area (Å²) in [4.78, 5) is 0. The van der Waals surface area contributed by atoms with Crippen molar-refractivity contribution in [2.45, 2.75) is 39.5 Å². The van der Waals surface area contributed by atoms with Crippen molar-refractivity contribution < 1.29 is 9.47 Å². The lowest BCUT2D eigenvalue weighted by atomic mass is 9.82. The molecule has 0 amide bonds. The van der Waals surface area contributed by atoms with Crippen LogP contribution < -0.4 is 14.8 Å². The highest BCUT2D eigenvalue weighted by atomic mass is 16.6. The maximum Gasteiger partial charge on any atom is 0.161 e. The fourth-order valence-electron chi connectivity index (χ4n) is 3.00. The summed E-state index contributed by atoms with van der Waals surface area (Å²) < 4.78 is 11.3. The second-order valence-electron chi connectivity index (χ2n) is 5.39. The van der Waals surface area contributed by atoms with E-state index >= 15 is 0 Å². The Bertz CT molecular complexity index is 415. The van der Waals surface area contributed by atoms with Crippen LogP contribution in [0, 0.1) is 5.92 Å². The van der Waals surface area contributed by atoms with Crippen LogP contribution >= 0.6 is 0 Å². The lowest BCUT2D eigenvalue weighted by Crippen LogP contribution is -2.26. The normalized spacial score (nSPS) is 15.4. The summed E-state index contributed by atoms with van der Waals surface area (Å²) in [5, 5.41) is 3.50. The molecule has 0 spiro atoms. The monoisotopic (exact) mass is 277 g/mol. The Balaban J connectivity index is 2.22. The molecule has 1 N–H and O–H groups in total. The average Bonchev–Trinajstić information content (AvgIpc) is 2.51. The number of benzene rings is 1. The predicted molar refractivity (Wildman–Crippen MR) is 82.8 cm³/mol. The van der Waals surface area contributed by atoms with Gasteiger partial charge >= 0.3 is 0 Å². The number of hydrogen-bond acceptors (Lipinski definition) is 3. The number of likely N-dealkylation sites (N-methyl/N-ethyl adjacent to an activating group) is 1. The Morgan fingerprint density at radius 3 is 2.40 bits per heavy atom. The Labute approximate surface area is 122 Å². The summed E-state index contributed by atoms with van der Waals surface area (Å²) in [6.07, 6.45) is 2.42. The fourth-order valence-corrected chi connectivity index (χ4v) is 3.00. The van der Waals surface area contributed by atoms with E-state index in [1.807, 2.05) is 0 Å². The molecule has 0 aliphatic carbocycles. The van der Waals surface area contributed by atoms with Gasteiger partial charge in [0.25, 0.3) is 0 Å². The zero-order valence-electron chi connectivity index (χ0n) is 12.9. The summed E-state index contributed by atoms with van der Waals surface area (Å²) in [7, 11) is 0. The molecule has 3 nitrogen and oxygen atoms in total. The van der Waals surface area contributed by atoms with Gasteiger partial charge < -0.3 is 14.8 Å². The van der Waals surface area contributed by atoms with Gasteiger partial charge in [-0.3, -0.25) is 0 Å². The third kappa shape index (κ3) is 3.45. The smallest absolute Gasteiger partial charge is 0.161 e. The van der Waals surface area contributed by atoms with E-state index in [1.165, 1.54) is 18.4 Å².